The molecule has 1 unspecified atom stereocenters. The van der Waals surface area contributed by atoms with Crippen LogP contribution in [0.15, 0.2) is 48.5 Å². The smallest absolute Gasteiger partial charge is 0.327 e. The van der Waals surface area contributed by atoms with Crippen LogP contribution in [0.2, 0.25) is 0 Å². The molecule has 0 saturated carbocycles. The van der Waals surface area contributed by atoms with Gasteiger partial charge in [-0.15, -0.1) is 11.8 Å². The highest BCUT2D eigenvalue weighted by Crippen LogP contribution is 2.50. The molecular formula is C25H25F2N5O5S. The maximum absolute atomic E-state index is 13.4. The van der Waals surface area contributed by atoms with E-state index in [4.69, 9.17) is 5.41 Å². The van der Waals surface area contributed by atoms with E-state index in [2.05, 4.69) is 16.0 Å². The normalized spacial score (nSPS) is 22.1. The van der Waals surface area contributed by atoms with E-state index in [0.717, 1.165) is 12.1 Å². The van der Waals surface area contributed by atoms with Crippen molar-refractivity contribution in [3.8, 4) is 0 Å². The topological polar surface area (TPSA) is 152 Å². The summed E-state index contributed by atoms with van der Waals surface area (Å²) in [6.45, 7) is 2.96. The number of benzene rings is 2. The summed E-state index contributed by atoms with van der Waals surface area (Å²) in [7, 11) is 0. The number of rotatable bonds is 8. The summed E-state index contributed by atoms with van der Waals surface area (Å²) in [6.07, 6.45) is 0. The molecule has 2 saturated heterocycles. The number of aliphatic carboxylic acids is 1. The van der Waals surface area contributed by atoms with Gasteiger partial charge in [0.25, 0.3) is 0 Å². The predicted molar refractivity (Wildman–Crippen MR) is 134 cm³/mol. The monoisotopic (exact) mass is 545 g/mol. The van der Waals surface area contributed by atoms with E-state index >= 15 is 0 Å². The summed E-state index contributed by atoms with van der Waals surface area (Å²) in [6, 6.07) is 7.60. The number of β-lactam (4-membered cyclic amide) rings is 1. The van der Waals surface area contributed by atoms with E-state index in [1.54, 1.807) is 44.2 Å². The van der Waals surface area contributed by atoms with Gasteiger partial charge in [0.15, 0.2) is 0 Å². The molecule has 0 bridgehead atoms. The molecule has 10 nitrogen and oxygen atoms in total. The lowest BCUT2D eigenvalue weighted by atomic mass is 9.95. The van der Waals surface area contributed by atoms with Gasteiger partial charge in [-0.3, -0.25) is 19.8 Å². The lowest BCUT2D eigenvalue weighted by Gasteiger charge is -2.44. The first-order valence-electron chi connectivity index (χ1n) is 11.6. The number of carboxylic acids is 1. The number of carbonyl (C=O) groups is 4. The Balaban J connectivity index is 1.43. The van der Waals surface area contributed by atoms with Crippen molar-refractivity contribution in [1.29, 1.82) is 5.41 Å². The average molecular weight is 546 g/mol. The molecule has 0 aromatic heterocycles. The first-order valence-corrected chi connectivity index (χ1v) is 12.4. The second-order valence-electron chi connectivity index (χ2n) is 9.38. The Labute approximate surface area is 220 Å². The van der Waals surface area contributed by atoms with Crippen LogP contribution in [-0.4, -0.2) is 68.3 Å². The molecule has 2 heterocycles. The summed E-state index contributed by atoms with van der Waals surface area (Å²) in [5.41, 5.74) is 0.324. The summed E-state index contributed by atoms with van der Waals surface area (Å²) in [4.78, 5) is 51.7. The first-order chi connectivity index (χ1) is 17.9. The van der Waals surface area contributed by atoms with Gasteiger partial charge in [-0.1, -0.05) is 30.3 Å². The third kappa shape index (κ3) is 5.32. The van der Waals surface area contributed by atoms with Crippen molar-refractivity contribution < 1.29 is 33.1 Å². The van der Waals surface area contributed by atoms with Crippen molar-refractivity contribution >= 4 is 41.3 Å². The van der Waals surface area contributed by atoms with Crippen LogP contribution >= 0.6 is 11.8 Å². The van der Waals surface area contributed by atoms with Gasteiger partial charge >= 0.3 is 5.97 Å². The highest BCUT2D eigenvalue weighted by atomic mass is 32.2. The van der Waals surface area contributed by atoms with Gasteiger partial charge in [-0.2, -0.15) is 0 Å². The number of thioether (sulfide) groups is 1. The van der Waals surface area contributed by atoms with E-state index in [-0.39, 0.29) is 5.56 Å². The maximum Gasteiger partial charge on any atom is 0.327 e. The SMILES string of the molecule is CC1(C)S[C@@H]2[C@H](NC(=O)C(NC(=O)CNC(=N)c3cc(F)cc(F)c3)c3ccccc3)C(=O)N2[C@H]1C(=O)O. The molecule has 200 valence electrons. The van der Waals surface area contributed by atoms with Crippen LogP contribution in [0.25, 0.3) is 0 Å². The fourth-order valence-electron chi connectivity index (χ4n) is 4.51. The Morgan fingerprint density at radius 2 is 1.76 bits per heavy atom. The van der Waals surface area contributed by atoms with Crippen LogP contribution in [0.1, 0.15) is 31.0 Å². The molecule has 4 atom stereocenters. The Morgan fingerprint density at radius 3 is 2.37 bits per heavy atom. The predicted octanol–water partition coefficient (Wildman–Crippen LogP) is 1.37. The molecule has 2 aliphatic heterocycles. The Kier molecular flexibility index (Phi) is 7.40. The van der Waals surface area contributed by atoms with Crippen LogP contribution in [-0.2, 0) is 19.2 Å². The summed E-state index contributed by atoms with van der Waals surface area (Å²) in [5, 5.41) is 24.6. The van der Waals surface area contributed by atoms with Crippen molar-refractivity contribution in [3.63, 3.8) is 0 Å². The molecule has 2 fully saturated rings. The number of halogens is 2. The molecule has 13 heteroatoms. The van der Waals surface area contributed by atoms with Gasteiger partial charge in [0, 0.05) is 16.4 Å². The number of carbonyl (C=O) groups excluding carboxylic acids is 3. The number of hydrogen-bond donors (Lipinski definition) is 5. The molecule has 4 rings (SSSR count). The zero-order valence-electron chi connectivity index (χ0n) is 20.3. The largest absolute Gasteiger partial charge is 0.480 e. The van der Waals surface area contributed by atoms with Crippen molar-refractivity contribution in [2.75, 3.05) is 6.54 Å². The number of nitrogens with one attached hydrogen (secondary N) is 4. The summed E-state index contributed by atoms with van der Waals surface area (Å²) < 4.78 is 26.1. The molecule has 0 radical (unpaired) electrons. The van der Waals surface area contributed by atoms with E-state index in [0.29, 0.717) is 11.6 Å². The van der Waals surface area contributed by atoms with Crippen molar-refractivity contribution in [1.82, 2.24) is 20.9 Å². The highest BCUT2D eigenvalue weighted by molar-refractivity contribution is 8.01. The number of amides is 3. The Morgan fingerprint density at radius 1 is 1.13 bits per heavy atom. The van der Waals surface area contributed by atoms with Gasteiger partial charge < -0.3 is 26.0 Å². The van der Waals surface area contributed by atoms with Gasteiger partial charge in [0.2, 0.25) is 17.7 Å². The van der Waals surface area contributed by atoms with Gasteiger partial charge in [-0.25, -0.2) is 13.6 Å². The zero-order chi connectivity index (χ0) is 27.8. The average Bonchev–Trinajstić information content (AvgIpc) is 3.12. The van der Waals surface area contributed by atoms with E-state index in [1.807, 2.05) is 0 Å². The van der Waals surface area contributed by atoms with Crippen molar-refractivity contribution in [3.05, 3.63) is 71.3 Å². The number of hydrogen-bond acceptors (Lipinski definition) is 6. The van der Waals surface area contributed by atoms with Crippen molar-refractivity contribution in [2.24, 2.45) is 0 Å². The molecule has 5 N–H and O–H groups in total. The molecule has 0 aliphatic carbocycles. The minimum atomic E-state index is -1.21. The number of nitrogens with zero attached hydrogens (tertiary/aromatic N) is 1. The fraction of sp³-hybridized carbons (Fsp3) is 0.320. The second-order valence-corrected chi connectivity index (χ2v) is 11.2. The van der Waals surface area contributed by atoms with Crippen LogP contribution in [0.4, 0.5) is 8.78 Å². The lowest BCUT2D eigenvalue weighted by molar-refractivity contribution is -0.161. The maximum atomic E-state index is 13.4. The number of carboxylic acid groups (broad SMARTS) is 1. The Bertz CT molecular complexity index is 1290. The van der Waals surface area contributed by atoms with E-state index in [1.165, 1.54) is 16.7 Å². The standard InChI is InChI=1S/C25H25F2N5O5S/c1-25(2)19(24(36)37)32-22(35)18(23(32)38-25)31-21(34)17(12-6-4-3-5-7-12)30-16(33)11-29-20(28)13-8-14(26)10-15(27)9-13/h3-10,17-19,23H,11H2,1-2H3,(H2,28,29)(H,30,33)(H,31,34)(H,36,37)/t17?,18-,19+,23-/m1/s1. The molecule has 38 heavy (non-hydrogen) atoms. The molecular weight excluding hydrogens is 520 g/mol. The third-order valence-electron chi connectivity index (χ3n) is 6.25. The highest BCUT2D eigenvalue weighted by Gasteiger charge is 2.64. The van der Waals surface area contributed by atoms with Crippen LogP contribution in [0.5, 0.6) is 0 Å². The van der Waals surface area contributed by atoms with E-state index < -0.39 is 76.0 Å². The third-order valence-corrected chi connectivity index (χ3v) is 7.82. The molecule has 3 amide bonds. The Hall–Kier alpha value is -4.00. The number of fused-ring (bicyclic) bond motifs is 1. The van der Waals surface area contributed by atoms with Gasteiger partial charge in [-0.05, 0) is 31.5 Å². The van der Waals surface area contributed by atoms with Crippen LogP contribution in [0.3, 0.4) is 0 Å². The van der Waals surface area contributed by atoms with E-state index in [9.17, 15) is 33.1 Å². The quantitative estimate of drug-likeness (QED) is 0.191. The van der Waals surface area contributed by atoms with Gasteiger partial charge in [0.1, 0.15) is 41.0 Å². The van der Waals surface area contributed by atoms with Gasteiger partial charge in [0.05, 0.1) is 6.54 Å². The minimum absolute atomic E-state index is 0.0997. The summed E-state index contributed by atoms with van der Waals surface area (Å²) >= 11 is 1.28. The van der Waals surface area contributed by atoms with Crippen LogP contribution in [0, 0.1) is 17.0 Å². The molecule has 2 aliphatic rings. The fourth-order valence-corrected chi connectivity index (χ4v) is 6.13. The lowest BCUT2D eigenvalue weighted by Crippen LogP contribution is -2.71. The number of amidine groups is 1. The first kappa shape index (κ1) is 27.0. The second kappa shape index (κ2) is 10.4. The summed E-state index contributed by atoms with van der Waals surface area (Å²) in [5.74, 6) is -5.17. The van der Waals surface area contributed by atoms with Crippen LogP contribution < -0.4 is 16.0 Å². The molecule has 2 aromatic rings. The minimum Gasteiger partial charge on any atom is -0.480 e. The molecule has 0 spiro atoms. The zero-order valence-corrected chi connectivity index (χ0v) is 21.1. The molecule has 2 aromatic carbocycles. The van der Waals surface area contributed by atoms with Crippen molar-refractivity contribution in [2.45, 2.75) is 42.1 Å².